The van der Waals surface area contributed by atoms with Crippen molar-refractivity contribution in [2.45, 2.75) is 47.8 Å². The third-order valence-electron chi connectivity index (χ3n) is 14.2. The molecule has 53 heavy (non-hydrogen) atoms. The van der Waals surface area contributed by atoms with E-state index in [1.54, 1.807) is 14.4 Å². The molecule has 2 aliphatic rings. The molecule has 0 nitrogen and oxygen atoms in total. The van der Waals surface area contributed by atoms with E-state index in [0.29, 0.717) is 0 Å². The van der Waals surface area contributed by atoms with Crippen LogP contribution >= 0.6 is 0 Å². The molecular weight excluding hydrogens is 732 g/mol. The van der Waals surface area contributed by atoms with Crippen LogP contribution in [-0.2, 0) is 14.4 Å². The van der Waals surface area contributed by atoms with E-state index in [2.05, 4.69) is 198 Å². The van der Waals surface area contributed by atoms with Crippen LogP contribution in [0.1, 0.15) is 56.2 Å². The van der Waals surface area contributed by atoms with Gasteiger partial charge in [-0.3, -0.25) is 0 Å². The van der Waals surface area contributed by atoms with Crippen LogP contribution in [0.4, 0.5) is 0 Å². The average molecular weight is 782 g/mol. The van der Waals surface area contributed by atoms with Crippen molar-refractivity contribution in [3.63, 3.8) is 0 Å². The van der Waals surface area contributed by atoms with Crippen LogP contribution in [0.15, 0.2) is 163 Å². The number of benzene rings is 7. The first-order valence-electron chi connectivity index (χ1n) is 19.7. The third kappa shape index (κ3) is 4.68. The van der Waals surface area contributed by atoms with Gasteiger partial charge in [0.15, 0.2) is 0 Å². The van der Waals surface area contributed by atoms with E-state index in [0.717, 1.165) is 12.8 Å². The molecule has 0 N–H and O–H groups in total. The Morgan fingerprint density at radius 2 is 0.811 bits per heavy atom. The first-order chi connectivity index (χ1) is 25.4. The zero-order chi connectivity index (χ0) is 36.7. The summed E-state index contributed by atoms with van der Waals surface area (Å²) in [5.41, 5.74) is 14.3. The van der Waals surface area contributed by atoms with E-state index < -0.39 is 14.4 Å². The second-order valence-corrected chi connectivity index (χ2v) is 72.8. The van der Waals surface area contributed by atoms with Crippen LogP contribution in [0.5, 0.6) is 0 Å². The normalized spacial score (nSPS) is 18.7. The molecule has 2 unspecified atom stereocenters. The number of allylic oxidation sites excluding steroid dienone is 2. The Morgan fingerprint density at radius 3 is 1.26 bits per heavy atom. The molecule has 0 saturated carbocycles. The van der Waals surface area contributed by atoms with Crippen molar-refractivity contribution < 1.29 is 14.4 Å². The molecule has 0 heterocycles. The van der Waals surface area contributed by atoms with Crippen molar-refractivity contribution in [1.82, 2.24) is 0 Å². The topological polar surface area (TPSA) is 0 Å². The first-order valence-corrected chi connectivity index (χ1v) is 37.0. The first kappa shape index (κ1) is 34.4. The Morgan fingerprint density at radius 1 is 0.434 bits per heavy atom. The molecule has 0 aromatic heterocycles. The summed E-state index contributed by atoms with van der Waals surface area (Å²) in [6.45, 7) is 7.27. The van der Waals surface area contributed by atoms with Gasteiger partial charge in [-0.1, -0.05) is 0 Å². The molecule has 0 saturated heterocycles. The average Bonchev–Trinajstić information content (AvgIpc) is 3.79. The van der Waals surface area contributed by atoms with Gasteiger partial charge >= 0.3 is 313 Å². The molecule has 262 valence electrons. The summed E-state index contributed by atoms with van der Waals surface area (Å²) in [7, 11) is 0. The number of fused-ring (bicyclic) bond motifs is 4. The van der Waals surface area contributed by atoms with Gasteiger partial charge in [0.1, 0.15) is 0 Å². The zero-order valence-corrected chi connectivity index (χ0v) is 35.7. The minimum atomic E-state index is -5.54. The van der Waals surface area contributed by atoms with E-state index in [1.165, 1.54) is 66.1 Å². The summed E-state index contributed by atoms with van der Waals surface area (Å²) in [6.07, 6.45) is 7.28. The van der Waals surface area contributed by atoms with Gasteiger partial charge in [-0.25, -0.2) is 0 Å². The Bertz CT molecular complexity index is 2670. The van der Waals surface area contributed by atoms with Crippen LogP contribution in [0.25, 0.3) is 56.0 Å². The Balaban J connectivity index is 1.37. The number of rotatable bonds is 7. The number of hydrogen-bond donors (Lipinski definition) is 0. The molecular formula is C51H50SiZr. The van der Waals surface area contributed by atoms with E-state index in [4.69, 9.17) is 0 Å². The van der Waals surface area contributed by atoms with Crippen LogP contribution in [-0.4, -0.2) is 6.88 Å². The molecule has 7 aromatic rings. The van der Waals surface area contributed by atoms with Crippen LogP contribution in [0.2, 0.25) is 13.9 Å². The van der Waals surface area contributed by atoms with Crippen LogP contribution in [0.3, 0.4) is 0 Å². The van der Waals surface area contributed by atoms with Gasteiger partial charge in [0.2, 0.25) is 0 Å². The molecule has 0 radical (unpaired) electrons. The van der Waals surface area contributed by atoms with Crippen molar-refractivity contribution >= 4 is 43.8 Å². The van der Waals surface area contributed by atoms with Crippen LogP contribution < -0.4 is 3.27 Å². The summed E-state index contributed by atoms with van der Waals surface area (Å²) in [5, 5.41) is 5.22. The molecule has 0 spiro atoms. The molecule has 0 bridgehead atoms. The van der Waals surface area contributed by atoms with Crippen molar-refractivity contribution in [3.8, 4) is 22.3 Å². The summed E-state index contributed by atoms with van der Waals surface area (Å²) in [5.74, 6) is 0. The van der Waals surface area contributed by atoms with Crippen LogP contribution in [0, 0.1) is 0 Å². The van der Waals surface area contributed by atoms with Gasteiger partial charge < -0.3 is 0 Å². The SMILES string of the molecule is CCC1=Cc2c(-c3cccc4ccccc34)cccc2[CH]1[Zr]([CH3])([CH3])([CH3])(=[SiH2])([c]1ccccc1)[CH]1C(CC)=Cc2c(-c3cccc4ccccc34)cccc21. The predicted octanol–water partition coefficient (Wildman–Crippen LogP) is 13.5. The molecule has 0 aliphatic heterocycles. The fourth-order valence-corrected chi connectivity index (χ4v) is 44.6. The quantitative estimate of drug-likeness (QED) is 0.141. The summed E-state index contributed by atoms with van der Waals surface area (Å²) >= 11 is -5.54. The molecule has 0 amide bonds. The van der Waals surface area contributed by atoms with Crippen molar-refractivity contribution in [2.24, 2.45) is 0 Å². The molecule has 2 heteroatoms. The maximum atomic E-state index is 2.84. The summed E-state index contributed by atoms with van der Waals surface area (Å²) < 4.78 is 10.6. The van der Waals surface area contributed by atoms with Gasteiger partial charge in [-0.2, -0.15) is 0 Å². The maximum absolute atomic E-state index is 5.54. The van der Waals surface area contributed by atoms with E-state index in [1.807, 2.05) is 0 Å². The van der Waals surface area contributed by atoms with Gasteiger partial charge in [0, 0.05) is 0 Å². The fraction of sp³-hybridized carbons (Fsp3) is 0.176. The fourth-order valence-electron chi connectivity index (χ4n) is 11.9. The summed E-state index contributed by atoms with van der Waals surface area (Å²) in [6, 6.07) is 57.6. The van der Waals surface area contributed by atoms with Gasteiger partial charge in [0.05, 0.1) is 0 Å². The van der Waals surface area contributed by atoms with E-state index >= 15 is 0 Å². The van der Waals surface area contributed by atoms with Gasteiger partial charge in [0.25, 0.3) is 0 Å². The molecule has 2 aliphatic carbocycles. The Labute approximate surface area is 311 Å². The minimum absolute atomic E-state index is 0.273. The van der Waals surface area contributed by atoms with Gasteiger partial charge in [-0.05, 0) is 0 Å². The number of hydrogen-bond acceptors (Lipinski definition) is 0. The summed E-state index contributed by atoms with van der Waals surface area (Å²) in [4.78, 5) is 0. The monoisotopic (exact) mass is 780 g/mol. The predicted molar refractivity (Wildman–Crippen MR) is 233 cm³/mol. The Hall–Kier alpha value is -4.36. The molecule has 7 aromatic carbocycles. The second-order valence-electron chi connectivity index (χ2n) is 19.1. The van der Waals surface area contributed by atoms with E-state index in [9.17, 15) is 0 Å². The molecule has 9 rings (SSSR count). The zero-order valence-electron chi connectivity index (χ0n) is 31.9. The van der Waals surface area contributed by atoms with Crippen molar-refractivity contribution in [2.75, 3.05) is 0 Å². The standard InChI is InChI=1S/2C21H17.C6H5.3CH3.H2Si.Zr/c2*1-2-15-13-17-9-6-12-20(21(17)14-15)19-11-5-8-16-7-3-4-10-18(16)19;1-2-4-6-5-3-1;;;;;/h2*3-14H,2H2,1H3;1-5H;3*1H3;1H2;. The van der Waals surface area contributed by atoms with Crippen molar-refractivity contribution in [1.29, 1.82) is 0 Å². The molecule has 0 fully saturated rings. The molecule has 2 atom stereocenters. The van der Waals surface area contributed by atoms with Gasteiger partial charge in [-0.15, -0.1) is 0 Å². The second kappa shape index (κ2) is 11.1. The third-order valence-corrected chi connectivity index (χ3v) is 46.1. The van der Waals surface area contributed by atoms with E-state index in [-0.39, 0.29) is 7.25 Å². The van der Waals surface area contributed by atoms with Crippen molar-refractivity contribution in [3.05, 3.63) is 185 Å². The Kier molecular flexibility index (Phi) is 7.20.